The Kier molecular flexibility index (Phi) is 2.88. The van der Waals surface area contributed by atoms with Crippen LogP contribution in [0.25, 0.3) is 0 Å². The van der Waals surface area contributed by atoms with Crippen molar-refractivity contribution >= 4 is 23.0 Å². The number of rotatable bonds is 2. The minimum Gasteiger partial charge on any atom is -0.456 e. The summed E-state index contributed by atoms with van der Waals surface area (Å²) in [5.41, 5.74) is 12.3. The van der Waals surface area contributed by atoms with Gasteiger partial charge in [-0.2, -0.15) is 0 Å². The maximum Gasteiger partial charge on any atom is 0.146 e. The molecule has 3 nitrogen and oxygen atoms in total. The van der Waals surface area contributed by atoms with Crippen LogP contribution in [0.3, 0.4) is 0 Å². The van der Waals surface area contributed by atoms with E-state index in [0.717, 1.165) is 0 Å². The zero-order valence-corrected chi connectivity index (χ0v) is 9.24. The Morgan fingerprint density at radius 1 is 0.938 bits per heavy atom. The van der Waals surface area contributed by atoms with Crippen LogP contribution in [0.4, 0.5) is 11.4 Å². The summed E-state index contributed by atoms with van der Waals surface area (Å²) < 4.78 is 5.58. The van der Waals surface area contributed by atoms with Gasteiger partial charge in [-0.25, -0.2) is 0 Å². The Balaban J connectivity index is 2.28. The first-order chi connectivity index (χ1) is 7.66. The van der Waals surface area contributed by atoms with E-state index in [0.29, 0.717) is 27.9 Å². The normalized spacial score (nSPS) is 10.1. The van der Waals surface area contributed by atoms with Gasteiger partial charge in [-0.05, 0) is 24.3 Å². The molecule has 0 aliphatic heterocycles. The lowest BCUT2D eigenvalue weighted by molar-refractivity contribution is 0.483. The Hall–Kier alpha value is -1.87. The summed E-state index contributed by atoms with van der Waals surface area (Å²) in [6.45, 7) is 0. The monoisotopic (exact) mass is 234 g/mol. The van der Waals surface area contributed by atoms with Crippen molar-refractivity contribution in [2.24, 2.45) is 0 Å². The Labute approximate surface area is 98.6 Å². The summed E-state index contributed by atoms with van der Waals surface area (Å²) in [6, 6.07) is 12.3. The Morgan fingerprint density at radius 2 is 1.69 bits per heavy atom. The molecule has 0 saturated heterocycles. The number of benzene rings is 2. The summed E-state index contributed by atoms with van der Waals surface area (Å²) in [6.07, 6.45) is 0. The van der Waals surface area contributed by atoms with E-state index in [1.165, 1.54) is 0 Å². The molecular weight excluding hydrogens is 224 g/mol. The molecular formula is C12H11ClN2O. The summed E-state index contributed by atoms with van der Waals surface area (Å²) in [7, 11) is 0. The molecule has 4 N–H and O–H groups in total. The van der Waals surface area contributed by atoms with Gasteiger partial charge in [-0.1, -0.05) is 23.7 Å². The van der Waals surface area contributed by atoms with Gasteiger partial charge in [0.2, 0.25) is 0 Å². The number of hydrogen-bond acceptors (Lipinski definition) is 3. The molecule has 0 aliphatic rings. The molecule has 16 heavy (non-hydrogen) atoms. The molecule has 0 radical (unpaired) electrons. The molecule has 2 aromatic carbocycles. The molecule has 4 heteroatoms. The van der Waals surface area contributed by atoms with E-state index < -0.39 is 0 Å². The van der Waals surface area contributed by atoms with Crippen molar-refractivity contribution in [3.63, 3.8) is 0 Å². The maximum atomic E-state index is 5.96. The highest BCUT2D eigenvalue weighted by Crippen LogP contribution is 2.30. The van der Waals surface area contributed by atoms with Crippen molar-refractivity contribution < 1.29 is 4.74 Å². The Bertz CT molecular complexity index is 514. The van der Waals surface area contributed by atoms with Crippen LogP contribution in [-0.2, 0) is 0 Å². The van der Waals surface area contributed by atoms with Crippen LogP contribution >= 0.6 is 11.6 Å². The molecule has 0 aliphatic carbocycles. The van der Waals surface area contributed by atoms with Crippen molar-refractivity contribution in [2.45, 2.75) is 0 Å². The highest BCUT2D eigenvalue weighted by atomic mass is 35.5. The van der Waals surface area contributed by atoms with Gasteiger partial charge in [0, 0.05) is 6.07 Å². The standard InChI is InChI=1S/C12H11ClN2O/c13-9-3-1-2-4-12(9)16-8-5-6-10(14)11(15)7-8/h1-7H,14-15H2. The lowest BCUT2D eigenvalue weighted by Gasteiger charge is -2.08. The van der Waals surface area contributed by atoms with E-state index in [2.05, 4.69) is 0 Å². The lowest BCUT2D eigenvalue weighted by atomic mass is 10.2. The minimum absolute atomic E-state index is 0.490. The topological polar surface area (TPSA) is 61.3 Å². The molecule has 0 unspecified atom stereocenters. The van der Waals surface area contributed by atoms with Crippen LogP contribution in [0, 0.1) is 0 Å². The number of hydrogen-bond donors (Lipinski definition) is 2. The lowest BCUT2D eigenvalue weighted by Crippen LogP contribution is -1.94. The van der Waals surface area contributed by atoms with Gasteiger partial charge in [0.25, 0.3) is 0 Å². The minimum atomic E-state index is 0.490. The third-order valence-electron chi connectivity index (χ3n) is 2.12. The van der Waals surface area contributed by atoms with Gasteiger partial charge >= 0.3 is 0 Å². The fraction of sp³-hybridized carbons (Fsp3) is 0. The summed E-state index contributed by atoms with van der Waals surface area (Å²) >= 11 is 5.96. The van der Waals surface area contributed by atoms with Crippen LogP contribution < -0.4 is 16.2 Å². The van der Waals surface area contributed by atoms with E-state index in [-0.39, 0.29) is 0 Å². The molecule has 82 valence electrons. The fourth-order valence-electron chi connectivity index (χ4n) is 1.27. The fourth-order valence-corrected chi connectivity index (χ4v) is 1.45. The van der Waals surface area contributed by atoms with Crippen molar-refractivity contribution in [3.05, 3.63) is 47.5 Å². The molecule has 0 aromatic heterocycles. The van der Waals surface area contributed by atoms with Gasteiger partial charge in [0.05, 0.1) is 16.4 Å². The van der Waals surface area contributed by atoms with E-state index in [4.69, 9.17) is 27.8 Å². The number of anilines is 2. The Morgan fingerprint density at radius 3 is 2.38 bits per heavy atom. The summed E-state index contributed by atoms with van der Waals surface area (Å²) in [5.74, 6) is 1.20. The van der Waals surface area contributed by atoms with E-state index in [1.54, 1.807) is 30.3 Å². The van der Waals surface area contributed by atoms with Gasteiger partial charge in [-0.3, -0.25) is 0 Å². The SMILES string of the molecule is Nc1ccc(Oc2ccccc2Cl)cc1N. The highest BCUT2D eigenvalue weighted by molar-refractivity contribution is 6.32. The third kappa shape index (κ3) is 2.20. The number of ether oxygens (including phenoxy) is 1. The van der Waals surface area contributed by atoms with Crippen LogP contribution in [0.2, 0.25) is 5.02 Å². The average Bonchev–Trinajstić information content (AvgIpc) is 2.27. The van der Waals surface area contributed by atoms with Crippen LogP contribution in [-0.4, -0.2) is 0 Å². The predicted octanol–water partition coefficient (Wildman–Crippen LogP) is 3.30. The smallest absolute Gasteiger partial charge is 0.146 e. The number of nitrogen functional groups attached to an aromatic ring is 2. The molecule has 2 aromatic rings. The van der Waals surface area contributed by atoms with Crippen LogP contribution in [0.5, 0.6) is 11.5 Å². The zero-order valence-electron chi connectivity index (χ0n) is 8.48. The van der Waals surface area contributed by atoms with Crippen molar-refractivity contribution in [3.8, 4) is 11.5 Å². The van der Waals surface area contributed by atoms with Crippen LogP contribution in [0.1, 0.15) is 0 Å². The first-order valence-electron chi connectivity index (χ1n) is 4.74. The van der Waals surface area contributed by atoms with Gasteiger partial charge in [-0.15, -0.1) is 0 Å². The second kappa shape index (κ2) is 4.33. The largest absolute Gasteiger partial charge is 0.456 e. The van der Waals surface area contributed by atoms with Gasteiger partial charge in [0.15, 0.2) is 0 Å². The molecule has 2 rings (SSSR count). The summed E-state index contributed by atoms with van der Waals surface area (Å²) in [5, 5.41) is 0.554. The first kappa shape index (κ1) is 10.6. The predicted molar refractivity (Wildman–Crippen MR) is 66.8 cm³/mol. The highest BCUT2D eigenvalue weighted by Gasteiger charge is 2.03. The van der Waals surface area contributed by atoms with Gasteiger partial charge in [0.1, 0.15) is 11.5 Å². The van der Waals surface area contributed by atoms with E-state index >= 15 is 0 Å². The molecule has 0 amide bonds. The summed E-state index contributed by atoms with van der Waals surface area (Å²) in [4.78, 5) is 0. The second-order valence-electron chi connectivity index (χ2n) is 3.32. The first-order valence-corrected chi connectivity index (χ1v) is 5.12. The number of para-hydroxylation sites is 1. The molecule has 0 fully saturated rings. The quantitative estimate of drug-likeness (QED) is 0.784. The van der Waals surface area contributed by atoms with E-state index in [9.17, 15) is 0 Å². The third-order valence-corrected chi connectivity index (χ3v) is 2.43. The molecule has 0 spiro atoms. The van der Waals surface area contributed by atoms with Crippen molar-refractivity contribution in [2.75, 3.05) is 11.5 Å². The number of halogens is 1. The zero-order chi connectivity index (χ0) is 11.5. The molecule has 0 saturated carbocycles. The van der Waals surface area contributed by atoms with Crippen LogP contribution in [0.15, 0.2) is 42.5 Å². The maximum absolute atomic E-state index is 5.96. The van der Waals surface area contributed by atoms with Crippen molar-refractivity contribution in [1.29, 1.82) is 0 Å². The second-order valence-corrected chi connectivity index (χ2v) is 3.73. The average molecular weight is 235 g/mol. The molecule has 0 heterocycles. The molecule has 0 atom stereocenters. The number of nitrogens with two attached hydrogens (primary N) is 2. The molecule has 0 bridgehead atoms. The van der Waals surface area contributed by atoms with Crippen molar-refractivity contribution in [1.82, 2.24) is 0 Å². The van der Waals surface area contributed by atoms with E-state index in [1.807, 2.05) is 12.1 Å². The van der Waals surface area contributed by atoms with Gasteiger partial charge < -0.3 is 16.2 Å².